The Balaban J connectivity index is 1.67. The van der Waals surface area contributed by atoms with E-state index >= 15 is 0 Å². The number of hydrogen-bond donors (Lipinski definition) is 2. The molecule has 1 heterocycles. The van der Waals surface area contributed by atoms with Crippen LogP contribution in [0.15, 0.2) is 24.3 Å². The molecule has 0 aliphatic carbocycles. The Hall–Kier alpha value is -2.15. The summed E-state index contributed by atoms with van der Waals surface area (Å²) in [6.45, 7) is 1.24. The predicted octanol–water partition coefficient (Wildman–Crippen LogP) is 1.98. The molecule has 0 aromatic heterocycles. The maximum Gasteiger partial charge on any atom is 0.311 e. The lowest BCUT2D eigenvalue weighted by Crippen LogP contribution is -2.46. The molecule has 0 saturated carbocycles. The van der Waals surface area contributed by atoms with Gasteiger partial charge in [0.15, 0.2) is 0 Å². The van der Waals surface area contributed by atoms with Crippen molar-refractivity contribution in [1.82, 2.24) is 5.32 Å². The number of carbonyl (C=O) groups excluding carboxylic acids is 1. The number of amides is 1. The molecule has 2 rings (SSSR count). The first-order chi connectivity index (χ1) is 11.5. The normalized spacial score (nSPS) is 16.4. The maximum absolute atomic E-state index is 12.7. The Morgan fingerprint density at radius 2 is 1.92 bits per heavy atom. The Morgan fingerprint density at radius 1 is 1.25 bits per heavy atom. The summed E-state index contributed by atoms with van der Waals surface area (Å²) in [7, 11) is 0. The van der Waals surface area contributed by atoms with Gasteiger partial charge in [0.25, 0.3) is 0 Å². The Bertz CT molecular complexity index is 555. The Labute approximate surface area is 139 Å². The van der Waals surface area contributed by atoms with Gasteiger partial charge in [0.2, 0.25) is 5.91 Å². The number of carbonyl (C=O) groups is 2. The van der Waals surface area contributed by atoms with Crippen LogP contribution in [0.4, 0.5) is 4.39 Å². The molecule has 1 fully saturated rings. The van der Waals surface area contributed by atoms with Crippen molar-refractivity contribution in [3.63, 3.8) is 0 Å². The molecular formula is C17H22FNO5. The molecule has 0 spiro atoms. The molecule has 132 valence electrons. The fourth-order valence-electron chi connectivity index (χ4n) is 2.54. The van der Waals surface area contributed by atoms with Gasteiger partial charge in [-0.15, -0.1) is 0 Å². The minimum Gasteiger partial charge on any atom is -0.494 e. The first-order valence-electron chi connectivity index (χ1n) is 7.98. The zero-order valence-corrected chi connectivity index (χ0v) is 13.4. The summed E-state index contributed by atoms with van der Waals surface area (Å²) in [5, 5.41) is 12.1. The van der Waals surface area contributed by atoms with Crippen LogP contribution < -0.4 is 10.1 Å². The van der Waals surface area contributed by atoms with Gasteiger partial charge in [0.05, 0.1) is 12.0 Å². The minimum absolute atomic E-state index is 0.114. The van der Waals surface area contributed by atoms with E-state index in [2.05, 4.69) is 5.32 Å². The van der Waals surface area contributed by atoms with Crippen LogP contribution in [0.3, 0.4) is 0 Å². The summed E-state index contributed by atoms with van der Waals surface area (Å²) in [5.74, 6) is -0.887. The second kappa shape index (κ2) is 8.63. The van der Waals surface area contributed by atoms with Crippen molar-refractivity contribution in [2.24, 2.45) is 5.41 Å². The van der Waals surface area contributed by atoms with E-state index in [4.69, 9.17) is 9.47 Å². The van der Waals surface area contributed by atoms with Gasteiger partial charge in [0, 0.05) is 26.2 Å². The molecule has 1 amide bonds. The van der Waals surface area contributed by atoms with Gasteiger partial charge in [-0.1, -0.05) is 0 Å². The minimum atomic E-state index is -0.932. The fourth-order valence-corrected chi connectivity index (χ4v) is 2.54. The lowest BCUT2D eigenvalue weighted by molar-refractivity contribution is -0.154. The van der Waals surface area contributed by atoms with Gasteiger partial charge in [-0.3, -0.25) is 9.59 Å². The molecule has 1 saturated heterocycles. The van der Waals surface area contributed by atoms with Crippen molar-refractivity contribution in [1.29, 1.82) is 0 Å². The monoisotopic (exact) mass is 339 g/mol. The van der Waals surface area contributed by atoms with E-state index < -0.39 is 11.4 Å². The first-order valence-corrected chi connectivity index (χ1v) is 7.98. The van der Waals surface area contributed by atoms with Crippen molar-refractivity contribution in [2.75, 3.05) is 26.4 Å². The van der Waals surface area contributed by atoms with E-state index in [0.717, 1.165) is 0 Å². The number of carboxylic acid groups (broad SMARTS) is 1. The molecule has 1 aliphatic heterocycles. The van der Waals surface area contributed by atoms with Gasteiger partial charge in [-0.05, 0) is 43.5 Å². The van der Waals surface area contributed by atoms with Crippen molar-refractivity contribution >= 4 is 11.9 Å². The number of hydrogen-bond acceptors (Lipinski definition) is 4. The van der Waals surface area contributed by atoms with Crippen molar-refractivity contribution in [2.45, 2.75) is 25.7 Å². The molecule has 2 N–H and O–H groups in total. The number of halogens is 1. The molecule has 0 radical (unpaired) electrons. The van der Waals surface area contributed by atoms with Crippen LogP contribution in [0, 0.1) is 11.2 Å². The quantitative estimate of drug-likeness (QED) is 0.708. The third kappa shape index (κ3) is 5.19. The molecule has 0 atom stereocenters. The van der Waals surface area contributed by atoms with Crippen LogP contribution in [0.25, 0.3) is 0 Å². The van der Waals surface area contributed by atoms with Crippen LogP contribution in [0.1, 0.15) is 25.7 Å². The van der Waals surface area contributed by atoms with Crippen molar-refractivity contribution in [3.8, 4) is 5.75 Å². The van der Waals surface area contributed by atoms with E-state index in [-0.39, 0.29) is 24.7 Å². The van der Waals surface area contributed by atoms with Gasteiger partial charge >= 0.3 is 5.97 Å². The highest BCUT2D eigenvalue weighted by molar-refractivity contribution is 5.79. The molecule has 0 unspecified atom stereocenters. The average molecular weight is 339 g/mol. The number of aliphatic carboxylic acids is 1. The van der Waals surface area contributed by atoms with E-state index in [9.17, 15) is 19.1 Å². The molecular weight excluding hydrogens is 317 g/mol. The molecule has 1 aromatic carbocycles. The van der Waals surface area contributed by atoms with Gasteiger partial charge < -0.3 is 19.9 Å². The largest absolute Gasteiger partial charge is 0.494 e. The van der Waals surface area contributed by atoms with Gasteiger partial charge in [-0.2, -0.15) is 0 Å². The topological polar surface area (TPSA) is 84.9 Å². The number of nitrogens with one attached hydrogen (secondary N) is 1. The molecule has 0 bridgehead atoms. The van der Waals surface area contributed by atoms with E-state index in [0.29, 0.717) is 44.8 Å². The Kier molecular flexibility index (Phi) is 6.54. The predicted molar refractivity (Wildman–Crippen MR) is 84.3 cm³/mol. The van der Waals surface area contributed by atoms with Crippen LogP contribution in [0.2, 0.25) is 0 Å². The summed E-state index contributed by atoms with van der Waals surface area (Å²) >= 11 is 0. The zero-order chi connectivity index (χ0) is 17.4. The average Bonchev–Trinajstić information content (AvgIpc) is 2.59. The lowest BCUT2D eigenvalue weighted by Gasteiger charge is -2.33. The lowest BCUT2D eigenvalue weighted by atomic mass is 9.80. The maximum atomic E-state index is 12.7. The van der Waals surface area contributed by atoms with Gasteiger partial charge in [-0.25, -0.2) is 4.39 Å². The highest BCUT2D eigenvalue weighted by Gasteiger charge is 2.40. The van der Waals surface area contributed by atoms with Crippen LogP contribution in [-0.4, -0.2) is 43.3 Å². The highest BCUT2D eigenvalue weighted by Crippen LogP contribution is 2.30. The van der Waals surface area contributed by atoms with Crippen molar-refractivity contribution in [3.05, 3.63) is 30.1 Å². The summed E-state index contributed by atoms with van der Waals surface area (Å²) < 4.78 is 23.4. The highest BCUT2D eigenvalue weighted by atomic mass is 19.1. The number of rotatable bonds is 8. The summed E-state index contributed by atoms with van der Waals surface area (Å²) in [6.07, 6.45) is 1.53. The summed E-state index contributed by atoms with van der Waals surface area (Å²) in [5.41, 5.74) is -0.932. The smallest absolute Gasteiger partial charge is 0.311 e. The fraction of sp³-hybridized carbons (Fsp3) is 0.529. The third-order valence-electron chi connectivity index (χ3n) is 4.16. The summed E-state index contributed by atoms with van der Waals surface area (Å²) in [6, 6.07) is 5.66. The molecule has 6 nitrogen and oxygen atoms in total. The van der Waals surface area contributed by atoms with Crippen LogP contribution in [0.5, 0.6) is 5.75 Å². The Morgan fingerprint density at radius 3 is 2.54 bits per heavy atom. The van der Waals surface area contributed by atoms with Crippen LogP contribution in [-0.2, 0) is 14.3 Å². The van der Waals surface area contributed by atoms with E-state index in [1.165, 1.54) is 24.3 Å². The van der Waals surface area contributed by atoms with E-state index in [1.807, 2.05) is 0 Å². The molecule has 1 aromatic rings. The van der Waals surface area contributed by atoms with Crippen LogP contribution >= 0.6 is 0 Å². The molecule has 24 heavy (non-hydrogen) atoms. The zero-order valence-electron chi connectivity index (χ0n) is 13.4. The molecule has 1 aliphatic rings. The van der Waals surface area contributed by atoms with E-state index in [1.54, 1.807) is 0 Å². The first kappa shape index (κ1) is 18.2. The number of benzene rings is 1. The SMILES string of the molecule is O=C(CCCOc1ccc(F)cc1)NCC1(C(=O)O)CCOCC1. The second-order valence-corrected chi connectivity index (χ2v) is 5.88. The standard InChI is InChI=1S/C17H22FNO5/c18-13-3-5-14(6-4-13)24-9-1-2-15(20)19-12-17(16(21)22)7-10-23-11-8-17/h3-6H,1-2,7-12H2,(H,19,20)(H,21,22). The third-order valence-corrected chi connectivity index (χ3v) is 4.16. The molecule has 7 heteroatoms. The van der Waals surface area contributed by atoms with Crippen molar-refractivity contribution < 1.29 is 28.6 Å². The second-order valence-electron chi connectivity index (χ2n) is 5.88. The summed E-state index contributed by atoms with van der Waals surface area (Å²) in [4.78, 5) is 23.3. The number of carboxylic acids is 1. The van der Waals surface area contributed by atoms with Gasteiger partial charge in [0.1, 0.15) is 11.6 Å². The number of ether oxygens (including phenoxy) is 2.